The molecule has 0 aliphatic carbocycles. The molecule has 40 heavy (non-hydrogen) atoms. The Morgan fingerprint density at radius 3 is 2.27 bits per heavy atom. The Labute approximate surface area is 243 Å². The summed E-state index contributed by atoms with van der Waals surface area (Å²) in [6.07, 6.45) is 1.90. The number of fused-ring (bicyclic) bond motifs is 7. The first kappa shape index (κ1) is 24.3. The van der Waals surface area contributed by atoms with Gasteiger partial charge in [-0.25, -0.2) is 9.97 Å². The van der Waals surface area contributed by atoms with Gasteiger partial charge in [0.25, 0.3) is 0 Å². The van der Waals surface area contributed by atoms with E-state index in [-0.39, 0.29) is 26.8 Å². The van der Waals surface area contributed by atoms with Crippen molar-refractivity contribution in [3.8, 4) is 23.2 Å². The van der Waals surface area contributed by atoms with Gasteiger partial charge in [-0.2, -0.15) is 6.07 Å². The van der Waals surface area contributed by atoms with Crippen molar-refractivity contribution in [2.75, 3.05) is 0 Å². The number of phenols is 1. The fraction of sp³-hybridized carbons (Fsp3) is 0. The Kier molecular flexibility index (Phi) is 5.76. The monoisotopic (exact) mass is 697 g/mol. The molecule has 0 aliphatic heterocycles. The van der Waals surface area contributed by atoms with Gasteiger partial charge in [-0.3, -0.25) is 0 Å². The van der Waals surface area contributed by atoms with Crippen LogP contribution < -0.4 is 4.74 Å². The molecule has 194 valence electrons. The molecule has 0 fully saturated rings. The second-order valence-corrected chi connectivity index (χ2v) is 9.59. The molecule has 3 heterocycles. The standard InChI is InChI=1S/C34H20N3O2.Pt/c38-31-17-22-8-3-4-10-25(22)28-15-16-33(36-34(28)31)39-24-13-14-27-26-11-5-6-12-29(26)37(30(27)19-24)32-18-21-7-1-2-9-23(21)20-35-32;/h1-18,20,38H;/q-1;. The summed E-state index contributed by atoms with van der Waals surface area (Å²) in [6, 6.07) is 39.5. The van der Waals surface area contributed by atoms with Gasteiger partial charge in [-0.05, 0) is 45.8 Å². The molecule has 3 aromatic heterocycles. The fourth-order valence-corrected chi connectivity index (χ4v) is 5.47. The average Bonchev–Trinajstić information content (AvgIpc) is 3.31. The summed E-state index contributed by atoms with van der Waals surface area (Å²) in [5.74, 6) is 1.85. The summed E-state index contributed by atoms with van der Waals surface area (Å²) in [7, 11) is 0. The summed E-state index contributed by atoms with van der Waals surface area (Å²) in [6.45, 7) is 0. The zero-order chi connectivity index (χ0) is 25.9. The number of rotatable bonds is 3. The third-order valence-corrected chi connectivity index (χ3v) is 7.27. The number of para-hydroxylation sites is 1. The molecule has 0 amide bonds. The van der Waals surface area contributed by atoms with E-state index in [0.29, 0.717) is 17.1 Å². The van der Waals surface area contributed by atoms with Gasteiger partial charge in [0.05, 0.1) is 0 Å². The van der Waals surface area contributed by atoms with E-state index in [0.717, 1.165) is 54.6 Å². The molecule has 1 N–H and O–H groups in total. The zero-order valence-electron chi connectivity index (χ0n) is 21.0. The minimum atomic E-state index is 0. The van der Waals surface area contributed by atoms with Crippen LogP contribution in [0.4, 0.5) is 0 Å². The molecule has 5 nitrogen and oxygen atoms in total. The second-order valence-electron chi connectivity index (χ2n) is 9.59. The van der Waals surface area contributed by atoms with Crippen molar-refractivity contribution >= 4 is 54.3 Å². The number of pyridine rings is 2. The van der Waals surface area contributed by atoms with E-state index >= 15 is 0 Å². The van der Waals surface area contributed by atoms with Crippen LogP contribution in [0.15, 0.2) is 115 Å². The van der Waals surface area contributed by atoms with Gasteiger partial charge in [0.15, 0.2) is 0 Å². The summed E-state index contributed by atoms with van der Waals surface area (Å²) >= 11 is 0. The molecule has 8 rings (SSSR count). The number of aromatic hydroxyl groups is 1. The molecule has 0 spiro atoms. The Morgan fingerprint density at radius 2 is 1.40 bits per heavy atom. The van der Waals surface area contributed by atoms with E-state index in [1.165, 1.54) is 0 Å². The van der Waals surface area contributed by atoms with E-state index in [4.69, 9.17) is 9.72 Å². The van der Waals surface area contributed by atoms with Gasteiger partial charge in [-0.15, -0.1) is 17.5 Å². The minimum Gasteiger partial charge on any atom is -0.506 e. The minimum absolute atomic E-state index is 0. The topological polar surface area (TPSA) is 60.2 Å². The third kappa shape index (κ3) is 3.82. The van der Waals surface area contributed by atoms with Crippen molar-refractivity contribution in [2.45, 2.75) is 0 Å². The van der Waals surface area contributed by atoms with Crippen LogP contribution >= 0.6 is 0 Å². The second kappa shape index (κ2) is 9.48. The summed E-state index contributed by atoms with van der Waals surface area (Å²) < 4.78 is 8.33. The van der Waals surface area contributed by atoms with Crippen molar-refractivity contribution in [3.05, 3.63) is 121 Å². The number of nitrogens with zero attached hydrogens (tertiary/aromatic N) is 3. The SMILES string of the molecule is Oc1cc2ccccc2c2ccc(Oc3[c-]c4c(cc3)c3ccccc3n4-c3cc4ccccc4cn3)nc12.[Pt]. The van der Waals surface area contributed by atoms with Crippen molar-refractivity contribution in [1.82, 2.24) is 14.5 Å². The normalized spacial score (nSPS) is 11.4. The number of aromatic nitrogens is 3. The van der Waals surface area contributed by atoms with Gasteiger partial charge in [0, 0.05) is 55.4 Å². The van der Waals surface area contributed by atoms with Crippen molar-refractivity contribution in [3.63, 3.8) is 0 Å². The number of benzene rings is 5. The predicted octanol–water partition coefficient (Wildman–Crippen LogP) is 8.33. The Hall–Kier alpha value is -4.73. The molecule has 0 aliphatic rings. The van der Waals surface area contributed by atoms with Crippen LogP contribution in [0.5, 0.6) is 17.4 Å². The fourth-order valence-electron chi connectivity index (χ4n) is 5.47. The Morgan fingerprint density at radius 1 is 0.675 bits per heavy atom. The van der Waals surface area contributed by atoms with Gasteiger partial charge >= 0.3 is 0 Å². The molecule has 5 aromatic carbocycles. The van der Waals surface area contributed by atoms with Crippen LogP contribution in [0.1, 0.15) is 0 Å². The molecular formula is C34H20N3O2Pt-. The summed E-state index contributed by atoms with van der Waals surface area (Å²) in [5.41, 5.74) is 2.41. The zero-order valence-corrected chi connectivity index (χ0v) is 23.3. The molecule has 0 atom stereocenters. The largest absolute Gasteiger partial charge is 0.506 e. The smallest absolute Gasteiger partial charge is 0.217 e. The van der Waals surface area contributed by atoms with Crippen LogP contribution in [0.25, 0.3) is 60.1 Å². The third-order valence-electron chi connectivity index (χ3n) is 7.27. The van der Waals surface area contributed by atoms with Gasteiger partial charge in [0.1, 0.15) is 17.1 Å². The van der Waals surface area contributed by atoms with Crippen molar-refractivity contribution in [2.24, 2.45) is 0 Å². The predicted molar refractivity (Wildman–Crippen MR) is 156 cm³/mol. The number of phenolic OH excluding ortho intramolecular Hbond substituents is 1. The number of hydrogen-bond donors (Lipinski definition) is 1. The van der Waals surface area contributed by atoms with Crippen molar-refractivity contribution in [1.29, 1.82) is 0 Å². The van der Waals surface area contributed by atoms with Crippen LogP contribution in [0.3, 0.4) is 0 Å². The molecule has 6 heteroatoms. The summed E-state index contributed by atoms with van der Waals surface area (Å²) in [5, 5.41) is 17.9. The molecule has 0 bridgehead atoms. The van der Waals surface area contributed by atoms with E-state index < -0.39 is 0 Å². The molecule has 0 radical (unpaired) electrons. The van der Waals surface area contributed by atoms with Gasteiger partial charge in [0.2, 0.25) is 5.88 Å². The van der Waals surface area contributed by atoms with Crippen LogP contribution in [0.2, 0.25) is 0 Å². The molecule has 0 unspecified atom stereocenters. The first-order chi connectivity index (χ1) is 19.2. The molecule has 8 aromatic rings. The van der Waals surface area contributed by atoms with E-state index in [9.17, 15) is 5.11 Å². The quantitative estimate of drug-likeness (QED) is 0.149. The van der Waals surface area contributed by atoms with Crippen LogP contribution in [-0.2, 0) is 21.1 Å². The summed E-state index contributed by atoms with van der Waals surface area (Å²) in [4.78, 5) is 9.44. The van der Waals surface area contributed by atoms with E-state index in [1.54, 1.807) is 6.07 Å². The number of ether oxygens (including phenoxy) is 1. The van der Waals surface area contributed by atoms with E-state index in [2.05, 4.69) is 45.9 Å². The average molecular weight is 698 g/mol. The van der Waals surface area contributed by atoms with E-state index in [1.807, 2.05) is 79.0 Å². The van der Waals surface area contributed by atoms with Gasteiger partial charge in [-0.1, -0.05) is 72.2 Å². The Balaban J connectivity index is 0.00000264. The maximum Gasteiger partial charge on any atom is 0.217 e. The maximum absolute atomic E-state index is 10.7. The van der Waals surface area contributed by atoms with Gasteiger partial charge < -0.3 is 14.4 Å². The first-order valence-electron chi connectivity index (χ1n) is 12.7. The molecule has 0 saturated carbocycles. The van der Waals surface area contributed by atoms with Crippen LogP contribution in [0, 0.1) is 6.07 Å². The van der Waals surface area contributed by atoms with Crippen molar-refractivity contribution < 1.29 is 30.9 Å². The van der Waals surface area contributed by atoms with Crippen LogP contribution in [-0.4, -0.2) is 19.6 Å². The number of hydrogen-bond acceptors (Lipinski definition) is 4. The maximum atomic E-state index is 10.7. The molecular weight excluding hydrogens is 677 g/mol. The molecule has 0 saturated heterocycles. The Bertz CT molecular complexity index is 2240. The first-order valence-corrected chi connectivity index (χ1v) is 12.7.